The van der Waals surface area contributed by atoms with Crippen LogP contribution in [0.2, 0.25) is 0 Å². The molecule has 0 spiro atoms. The molecular weight excluding hydrogens is 443 g/mol. The number of benzene rings is 1. The number of carbonyl (C=O) groups excluding carboxylic acids is 1. The average molecular weight is 470 g/mol. The molecule has 1 fully saturated rings. The molecule has 1 aromatic carbocycles. The fourth-order valence-electron chi connectivity index (χ4n) is 4.05. The molecule has 6 nitrogen and oxygen atoms in total. The minimum atomic E-state index is -4.55. The highest BCUT2D eigenvalue weighted by atomic mass is 19.4. The first kappa shape index (κ1) is 23.7. The number of anilines is 2. The Morgan fingerprint density at radius 2 is 1.71 bits per heavy atom. The minimum Gasteiger partial charge on any atom is -0.367 e. The number of para-hydroxylation sites is 2. The zero-order valence-electron chi connectivity index (χ0n) is 18.8. The summed E-state index contributed by atoms with van der Waals surface area (Å²) < 4.78 is 38.7. The predicted octanol–water partition coefficient (Wildman–Crippen LogP) is 4.42. The van der Waals surface area contributed by atoms with Gasteiger partial charge in [-0.25, -0.2) is 4.98 Å². The van der Waals surface area contributed by atoms with Crippen LogP contribution in [-0.2, 0) is 12.6 Å². The van der Waals surface area contributed by atoms with E-state index in [1.807, 2.05) is 30.3 Å². The third-order valence-electron chi connectivity index (χ3n) is 5.95. The van der Waals surface area contributed by atoms with Crippen molar-refractivity contribution in [3.8, 4) is 0 Å². The summed E-state index contributed by atoms with van der Waals surface area (Å²) in [6.07, 6.45) is 0.0317. The van der Waals surface area contributed by atoms with Gasteiger partial charge in [0.05, 0.1) is 22.6 Å². The van der Waals surface area contributed by atoms with E-state index in [-0.39, 0.29) is 11.3 Å². The lowest BCUT2D eigenvalue weighted by atomic mass is 10.1. The van der Waals surface area contributed by atoms with Gasteiger partial charge in [-0.3, -0.25) is 14.7 Å². The number of aryl methyl sites for hydroxylation is 1. The van der Waals surface area contributed by atoms with Crippen LogP contribution < -0.4 is 10.2 Å². The van der Waals surface area contributed by atoms with Gasteiger partial charge in [0, 0.05) is 45.1 Å². The number of hydrogen-bond acceptors (Lipinski definition) is 5. The summed E-state index contributed by atoms with van der Waals surface area (Å²) in [6.45, 7) is 5.79. The lowest BCUT2D eigenvalue weighted by molar-refractivity contribution is -0.141. The van der Waals surface area contributed by atoms with Crippen LogP contribution in [0.25, 0.3) is 0 Å². The van der Waals surface area contributed by atoms with Crippen molar-refractivity contribution in [2.75, 3.05) is 42.9 Å². The van der Waals surface area contributed by atoms with E-state index in [0.717, 1.165) is 50.9 Å². The van der Waals surface area contributed by atoms with Crippen LogP contribution in [-0.4, -0.2) is 53.5 Å². The van der Waals surface area contributed by atoms with Crippen LogP contribution in [0.3, 0.4) is 0 Å². The van der Waals surface area contributed by atoms with Gasteiger partial charge in [-0.15, -0.1) is 0 Å². The Bertz CT molecular complexity index is 1130. The number of aromatic nitrogens is 2. The fourth-order valence-corrected chi connectivity index (χ4v) is 4.05. The summed E-state index contributed by atoms with van der Waals surface area (Å²) in [5.74, 6) is -0.484. The summed E-state index contributed by atoms with van der Waals surface area (Å²) in [5.41, 5.74) is 1.91. The van der Waals surface area contributed by atoms with Gasteiger partial charge in [0.25, 0.3) is 5.91 Å². The molecule has 0 radical (unpaired) electrons. The Balaban J connectivity index is 1.39. The van der Waals surface area contributed by atoms with E-state index in [0.29, 0.717) is 5.69 Å². The highest BCUT2D eigenvalue weighted by Crippen LogP contribution is 2.30. The monoisotopic (exact) mass is 469 g/mol. The van der Waals surface area contributed by atoms with E-state index < -0.39 is 17.8 Å². The highest BCUT2D eigenvalue weighted by Gasteiger charge is 2.33. The van der Waals surface area contributed by atoms with Gasteiger partial charge in [-0.05, 0) is 55.3 Å². The van der Waals surface area contributed by atoms with Gasteiger partial charge < -0.3 is 10.2 Å². The van der Waals surface area contributed by atoms with Gasteiger partial charge in [0.15, 0.2) is 0 Å². The van der Waals surface area contributed by atoms with Gasteiger partial charge in [0.1, 0.15) is 5.69 Å². The number of nitrogens with zero attached hydrogens (tertiary/aromatic N) is 4. The Morgan fingerprint density at radius 1 is 1.00 bits per heavy atom. The predicted molar refractivity (Wildman–Crippen MR) is 125 cm³/mol. The minimum absolute atomic E-state index is 0.0348. The van der Waals surface area contributed by atoms with Crippen LogP contribution >= 0.6 is 0 Å². The second-order valence-electron chi connectivity index (χ2n) is 8.23. The molecule has 0 bridgehead atoms. The van der Waals surface area contributed by atoms with Crippen molar-refractivity contribution in [2.24, 2.45) is 0 Å². The van der Waals surface area contributed by atoms with Crippen LogP contribution in [0.5, 0.6) is 0 Å². The van der Waals surface area contributed by atoms with Crippen molar-refractivity contribution in [3.05, 3.63) is 83.4 Å². The van der Waals surface area contributed by atoms with Crippen LogP contribution in [0.4, 0.5) is 24.5 Å². The first-order valence-corrected chi connectivity index (χ1v) is 11.1. The fraction of sp³-hybridized carbons (Fsp3) is 0.320. The Hall–Kier alpha value is -3.46. The summed E-state index contributed by atoms with van der Waals surface area (Å²) in [6, 6.07) is 13.5. The quantitative estimate of drug-likeness (QED) is 0.579. The number of halogens is 3. The van der Waals surface area contributed by atoms with Crippen molar-refractivity contribution < 1.29 is 18.0 Å². The van der Waals surface area contributed by atoms with Crippen molar-refractivity contribution in [1.29, 1.82) is 0 Å². The van der Waals surface area contributed by atoms with Gasteiger partial charge >= 0.3 is 6.18 Å². The zero-order valence-corrected chi connectivity index (χ0v) is 18.8. The number of piperazine rings is 1. The second-order valence-corrected chi connectivity index (χ2v) is 8.23. The molecular formula is C25H26F3N5O. The van der Waals surface area contributed by atoms with Crippen LogP contribution in [0, 0.1) is 6.92 Å². The average Bonchev–Trinajstić information content (AvgIpc) is 2.83. The van der Waals surface area contributed by atoms with Gasteiger partial charge in [-0.1, -0.05) is 12.1 Å². The van der Waals surface area contributed by atoms with E-state index in [4.69, 9.17) is 0 Å². The summed E-state index contributed by atoms with van der Waals surface area (Å²) >= 11 is 0. The second kappa shape index (κ2) is 10.2. The third-order valence-corrected chi connectivity index (χ3v) is 5.95. The van der Waals surface area contributed by atoms with Gasteiger partial charge in [0.2, 0.25) is 0 Å². The van der Waals surface area contributed by atoms with Crippen molar-refractivity contribution in [3.63, 3.8) is 0 Å². The summed E-state index contributed by atoms with van der Waals surface area (Å²) in [7, 11) is 0. The Labute approximate surface area is 196 Å². The smallest absolute Gasteiger partial charge is 0.367 e. The first-order valence-electron chi connectivity index (χ1n) is 11.1. The molecule has 34 heavy (non-hydrogen) atoms. The number of amides is 1. The first-order chi connectivity index (χ1) is 16.3. The molecule has 3 aromatic rings. The molecule has 178 valence electrons. The molecule has 0 saturated carbocycles. The molecule has 0 unspecified atom stereocenters. The number of carbonyl (C=O) groups is 1. The molecule has 1 N–H and O–H groups in total. The largest absolute Gasteiger partial charge is 0.433 e. The standard InChI is InChI=1S/C25H26F3N5O/c1-18-20(6-7-23(30-18)25(26,27)28)24(34)31-21-4-2-3-5-22(21)33-16-14-32(15-17-33)13-10-19-8-11-29-12-9-19/h2-9,11-12H,10,13-17H2,1H3,(H,31,34). The topological polar surface area (TPSA) is 61.4 Å². The number of nitrogens with one attached hydrogen (secondary N) is 1. The van der Waals surface area contributed by atoms with Crippen molar-refractivity contribution in [2.45, 2.75) is 19.5 Å². The van der Waals surface area contributed by atoms with Crippen LogP contribution in [0.1, 0.15) is 27.3 Å². The van der Waals surface area contributed by atoms with E-state index in [1.165, 1.54) is 18.6 Å². The molecule has 0 atom stereocenters. The molecule has 3 heterocycles. The van der Waals surface area contributed by atoms with Crippen molar-refractivity contribution in [1.82, 2.24) is 14.9 Å². The molecule has 1 amide bonds. The summed E-state index contributed by atoms with van der Waals surface area (Å²) in [4.78, 5) is 25.1. The zero-order chi connectivity index (χ0) is 24.1. The Kier molecular flexibility index (Phi) is 7.12. The van der Waals surface area contributed by atoms with E-state index in [9.17, 15) is 18.0 Å². The highest BCUT2D eigenvalue weighted by molar-refractivity contribution is 6.06. The summed E-state index contributed by atoms with van der Waals surface area (Å²) in [5, 5.41) is 2.86. The maximum Gasteiger partial charge on any atom is 0.433 e. The van der Waals surface area contributed by atoms with E-state index >= 15 is 0 Å². The lowest BCUT2D eigenvalue weighted by Crippen LogP contribution is -2.47. The number of hydrogen-bond donors (Lipinski definition) is 1. The van der Waals surface area contributed by atoms with Crippen molar-refractivity contribution >= 4 is 17.3 Å². The molecule has 0 aliphatic carbocycles. The lowest BCUT2D eigenvalue weighted by Gasteiger charge is -2.37. The molecule has 1 saturated heterocycles. The molecule has 9 heteroatoms. The van der Waals surface area contributed by atoms with Gasteiger partial charge in [-0.2, -0.15) is 13.2 Å². The number of pyridine rings is 2. The number of alkyl halides is 3. The third kappa shape index (κ3) is 5.72. The van der Waals surface area contributed by atoms with Crippen LogP contribution in [0.15, 0.2) is 60.9 Å². The maximum absolute atomic E-state index is 12.9. The van der Waals surface area contributed by atoms with E-state index in [1.54, 1.807) is 18.5 Å². The maximum atomic E-state index is 12.9. The molecule has 1 aliphatic rings. The number of rotatable bonds is 6. The SMILES string of the molecule is Cc1nc(C(F)(F)F)ccc1C(=O)Nc1ccccc1N1CCN(CCc2ccncc2)CC1. The normalized spacial score (nSPS) is 14.8. The molecule has 2 aromatic heterocycles. The van der Waals surface area contributed by atoms with E-state index in [2.05, 4.69) is 25.1 Å². The Morgan fingerprint density at radius 3 is 2.38 bits per heavy atom. The molecule has 1 aliphatic heterocycles. The molecule has 4 rings (SSSR count).